The monoisotopic (exact) mass is 883 g/mol. The summed E-state index contributed by atoms with van der Waals surface area (Å²) >= 11 is 0. The van der Waals surface area contributed by atoms with E-state index in [-0.39, 0.29) is 12.1 Å². The molecule has 0 amide bonds. The number of para-hydroxylation sites is 4. The van der Waals surface area contributed by atoms with Crippen LogP contribution in [0, 0.1) is 0 Å². The molecule has 1 aliphatic heterocycles. The second-order valence-corrected chi connectivity index (χ2v) is 17.8. The molecule has 69 heavy (non-hydrogen) atoms. The van der Waals surface area contributed by atoms with E-state index in [0.717, 1.165) is 72.1 Å². The average Bonchev–Trinajstić information content (AvgIpc) is 3.98. The molecule has 0 fully saturated rings. The first-order valence-electron chi connectivity index (χ1n) is 23.5. The third-order valence-corrected chi connectivity index (χ3v) is 14.0. The van der Waals surface area contributed by atoms with Crippen LogP contribution in [0.1, 0.15) is 17.2 Å². The van der Waals surface area contributed by atoms with E-state index in [1.807, 2.05) is 18.2 Å². The highest BCUT2D eigenvalue weighted by molar-refractivity contribution is 6.25. The Morgan fingerprint density at radius 1 is 0.435 bits per heavy atom. The predicted octanol–water partition coefficient (Wildman–Crippen LogP) is 15.7. The largest absolute Gasteiger partial charge is 0.483 e. The van der Waals surface area contributed by atoms with E-state index in [2.05, 4.69) is 228 Å². The molecule has 2 unspecified atom stereocenters. The van der Waals surface area contributed by atoms with Crippen molar-refractivity contribution in [3.05, 3.63) is 248 Å². The number of aromatic nitrogens is 4. The number of nitrogens with zero attached hydrogens (tertiary/aromatic N) is 5. The van der Waals surface area contributed by atoms with Crippen molar-refractivity contribution in [1.29, 1.82) is 0 Å². The molecule has 6 heteroatoms. The van der Waals surface area contributed by atoms with E-state index in [1.165, 1.54) is 32.5 Å². The SMILES string of the molecule is C1=C(c2ccccc2)C=C2c3ccccc3OC2C1n1c2ccccc2c2cccc(N(c3ccccc3)c3nc(-c4ccccc4)nc(-c4ccc5c6ccccc6c6ccccc6c5c4)n3)c21. The van der Waals surface area contributed by atoms with E-state index in [9.17, 15) is 0 Å². The number of rotatable bonds is 7. The number of benzene rings is 10. The highest BCUT2D eigenvalue weighted by atomic mass is 16.5. The highest BCUT2D eigenvalue weighted by Gasteiger charge is 2.40. The zero-order valence-electron chi connectivity index (χ0n) is 37.3. The summed E-state index contributed by atoms with van der Waals surface area (Å²) in [5.74, 6) is 2.57. The molecular weight excluding hydrogens is 843 g/mol. The first-order valence-corrected chi connectivity index (χ1v) is 23.5. The van der Waals surface area contributed by atoms with Gasteiger partial charge in [0.05, 0.1) is 17.2 Å². The quantitative estimate of drug-likeness (QED) is 0.149. The molecule has 3 heterocycles. The van der Waals surface area contributed by atoms with Crippen LogP contribution in [-0.2, 0) is 0 Å². The van der Waals surface area contributed by atoms with E-state index >= 15 is 0 Å². The average molecular weight is 884 g/mol. The second-order valence-electron chi connectivity index (χ2n) is 17.8. The Morgan fingerprint density at radius 2 is 1.00 bits per heavy atom. The van der Waals surface area contributed by atoms with E-state index in [0.29, 0.717) is 17.6 Å². The van der Waals surface area contributed by atoms with Gasteiger partial charge >= 0.3 is 0 Å². The summed E-state index contributed by atoms with van der Waals surface area (Å²) in [6, 6.07) is 78.9. The maximum Gasteiger partial charge on any atom is 0.238 e. The summed E-state index contributed by atoms with van der Waals surface area (Å²) < 4.78 is 9.53. The Morgan fingerprint density at radius 3 is 1.72 bits per heavy atom. The number of hydrogen-bond donors (Lipinski definition) is 0. The Labute approximate surface area is 398 Å². The van der Waals surface area contributed by atoms with Crippen molar-refractivity contribution in [3.63, 3.8) is 0 Å². The zero-order valence-corrected chi connectivity index (χ0v) is 37.3. The van der Waals surface area contributed by atoms with E-state index in [4.69, 9.17) is 19.7 Å². The van der Waals surface area contributed by atoms with Gasteiger partial charge in [-0.1, -0.05) is 188 Å². The van der Waals surface area contributed by atoms with E-state index < -0.39 is 0 Å². The lowest BCUT2D eigenvalue weighted by Gasteiger charge is -2.31. The Bertz CT molecular complexity index is 4030. The molecule has 0 radical (unpaired) electrons. The normalized spacial score (nSPS) is 15.2. The van der Waals surface area contributed by atoms with Crippen molar-refractivity contribution in [1.82, 2.24) is 19.5 Å². The molecule has 2 atom stereocenters. The van der Waals surface area contributed by atoms with Gasteiger partial charge in [0.1, 0.15) is 11.9 Å². The molecule has 12 aromatic rings. The smallest absolute Gasteiger partial charge is 0.238 e. The van der Waals surface area contributed by atoms with Crippen LogP contribution in [0.4, 0.5) is 17.3 Å². The number of fused-ring (bicyclic) bond motifs is 12. The zero-order chi connectivity index (χ0) is 45.4. The van der Waals surface area contributed by atoms with Gasteiger partial charge in [-0.05, 0) is 92.0 Å². The van der Waals surface area contributed by atoms with Gasteiger partial charge in [-0.3, -0.25) is 4.90 Å². The van der Waals surface area contributed by atoms with Gasteiger partial charge in [-0.2, -0.15) is 9.97 Å². The minimum Gasteiger partial charge on any atom is -0.483 e. The lowest BCUT2D eigenvalue weighted by atomic mass is 9.87. The number of anilines is 3. The summed E-state index contributed by atoms with van der Waals surface area (Å²) in [6.07, 6.45) is 4.44. The van der Waals surface area contributed by atoms with Crippen LogP contribution in [0.3, 0.4) is 0 Å². The molecule has 0 bridgehead atoms. The summed E-state index contributed by atoms with van der Waals surface area (Å²) in [6.45, 7) is 0. The first-order chi connectivity index (χ1) is 34.2. The number of ether oxygens (including phenoxy) is 1. The molecule has 0 spiro atoms. The van der Waals surface area contributed by atoms with Crippen LogP contribution in [0.15, 0.2) is 237 Å². The molecule has 6 nitrogen and oxygen atoms in total. The topological polar surface area (TPSA) is 56.1 Å². The van der Waals surface area contributed by atoms with Crippen molar-refractivity contribution in [2.24, 2.45) is 0 Å². The number of hydrogen-bond acceptors (Lipinski definition) is 5. The molecule has 2 aromatic heterocycles. The van der Waals surface area contributed by atoms with Gasteiger partial charge in [0.2, 0.25) is 5.95 Å². The Balaban J connectivity index is 1.03. The van der Waals surface area contributed by atoms with Gasteiger partial charge in [0.15, 0.2) is 11.6 Å². The van der Waals surface area contributed by atoms with Gasteiger partial charge in [-0.25, -0.2) is 4.98 Å². The standard InChI is InChI=1S/C63H41N5O/c1-4-19-40(20-5-1)43-38-54-51-30-15-17-34-58(51)69-60(54)57(39-43)68-55-32-16-14-29-50(55)52-31-18-33-56(59(52)68)67(44-23-8-3-9-24-44)63-65-61(41-21-6-2-7-22-41)64-62(66-63)42-35-36-49-47-27-11-10-25-45(47)46-26-12-13-28-48(46)53(49)37-42/h1-39,57,60H. The Hall–Kier alpha value is -9.13. The van der Waals surface area contributed by atoms with Crippen LogP contribution in [0.25, 0.3) is 88.0 Å². The van der Waals surface area contributed by atoms with Crippen molar-refractivity contribution >= 4 is 82.6 Å². The summed E-state index contributed by atoms with van der Waals surface area (Å²) in [5.41, 5.74) is 10.4. The third kappa shape index (κ3) is 6.30. The molecule has 0 saturated carbocycles. The fourth-order valence-corrected chi connectivity index (χ4v) is 10.9. The minimum absolute atomic E-state index is 0.230. The highest BCUT2D eigenvalue weighted by Crippen LogP contribution is 2.51. The Kier molecular flexibility index (Phi) is 8.92. The van der Waals surface area contributed by atoms with Gasteiger partial charge in [-0.15, -0.1) is 0 Å². The fourth-order valence-electron chi connectivity index (χ4n) is 10.9. The molecule has 324 valence electrons. The molecule has 0 saturated heterocycles. The second kappa shape index (κ2) is 15.8. The van der Waals surface area contributed by atoms with Crippen LogP contribution < -0.4 is 9.64 Å². The van der Waals surface area contributed by atoms with E-state index in [1.54, 1.807) is 0 Å². The molecule has 0 N–H and O–H groups in total. The van der Waals surface area contributed by atoms with Gasteiger partial charge in [0.25, 0.3) is 0 Å². The van der Waals surface area contributed by atoms with Gasteiger partial charge in [0, 0.05) is 44.2 Å². The van der Waals surface area contributed by atoms with Gasteiger partial charge < -0.3 is 9.30 Å². The fraction of sp³-hybridized carbons (Fsp3) is 0.0317. The van der Waals surface area contributed by atoms with Crippen LogP contribution >= 0.6 is 0 Å². The summed E-state index contributed by atoms with van der Waals surface area (Å²) in [5, 5.41) is 9.48. The summed E-state index contributed by atoms with van der Waals surface area (Å²) in [7, 11) is 0. The van der Waals surface area contributed by atoms with Crippen molar-refractivity contribution in [2.75, 3.05) is 4.90 Å². The maximum absolute atomic E-state index is 7.03. The van der Waals surface area contributed by atoms with Crippen molar-refractivity contribution in [3.8, 4) is 28.5 Å². The van der Waals surface area contributed by atoms with Crippen molar-refractivity contribution in [2.45, 2.75) is 12.1 Å². The van der Waals surface area contributed by atoms with Crippen LogP contribution in [0.5, 0.6) is 5.75 Å². The third-order valence-electron chi connectivity index (χ3n) is 14.0. The maximum atomic E-state index is 7.03. The first kappa shape index (κ1) is 39.1. The predicted molar refractivity (Wildman–Crippen MR) is 283 cm³/mol. The lowest BCUT2D eigenvalue weighted by molar-refractivity contribution is 0.232. The molecule has 1 aliphatic carbocycles. The number of allylic oxidation sites excluding steroid dienone is 2. The molecule has 14 rings (SSSR count). The lowest BCUT2D eigenvalue weighted by Crippen LogP contribution is -2.29. The van der Waals surface area contributed by atoms with Crippen molar-refractivity contribution < 1.29 is 4.74 Å². The molecule has 10 aromatic carbocycles. The summed E-state index contributed by atoms with van der Waals surface area (Å²) in [4.78, 5) is 18.4. The molecule has 2 aliphatic rings. The van der Waals surface area contributed by atoms with Crippen LogP contribution in [-0.4, -0.2) is 25.6 Å². The van der Waals surface area contributed by atoms with Crippen LogP contribution in [0.2, 0.25) is 0 Å². The molecular formula is C63H41N5O. The minimum atomic E-state index is -0.276.